The lowest BCUT2D eigenvalue weighted by molar-refractivity contribution is -0.139. The second-order valence-electron chi connectivity index (χ2n) is 14.1. The average molecular weight is 809 g/mol. The number of carboxylic acid groups (broad SMARTS) is 1. The van der Waals surface area contributed by atoms with E-state index in [1.165, 1.54) is 17.9 Å². The third-order valence-corrected chi connectivity index (χ3v) is 10.6. The molecule has 0 radical (unpaired) electrons. The molecule has 0 amide bonds. The van der Waals surface area contributed by atoms with E-state index in [4.69, 9.17) is 4.74 Å². The van der Waals surface area contributed by atoms with Gasteiger partial charge >= 0.3 is 18.3 Å². The van der Waals surface area contributed by atoms with Gasteiger partial charge in [0.05, 0.1) is 35.3 Å². The number of hydrogen-bond acceptors (Lipinski definition) is 8. The van der Waals surface area contributed by atoms with Crippen LogP contribution in [0.5, 0.6) is 5.75 Å². The van der Waals surface area contributed by atoms with Crippen molar-refractivity contribution in [1.82, 2.24) is 9.97 Å². The maximum absolute atomic E-state index is 14.6. The number of aliphatic carboxylic acids is 1. The lowest BCUT2D eigenvalue weighted by Gasteiger charge is -2.36. The Kier molecular flexibility index (Phi) is 13.7. The molecule has 304 valence electrons. The van der Waals surface area contributed by atoms with Gasteiger partial charge in [0.2, 0.25) is 5.95 Å². The lowest BCUT2D eigenvalue weighted by Crippen LogP contribution is -2.34. The maximum Gasteiger partial charge on any atom is 0.416 e. The van der Waals surface area contributed by atoms with E-state index in [-0.39, 0.29) is 53.4 Å². The number of rotatable bonds is 16. The standard InChI is InChI=1S/C37H44F8N4O5S/c1-5-48(21-25-8-6-24(7-9-25)14-33(50)51)32-11-10-28(36(40,41)42)17-27(32)22-49(34-46-19-31(20-47-34)54-12-13-55(4,52)53)23(2)26-15-29(35(3,38)39)18-30(16-26)37(43,44)45/h10-11,15-20,23-25H,5-9,12-14,21-22H2,1-4H3,(H,50,51). The van der Waals surface area contributed by atoms with Crippen LogP contribution in [0.25, 0.3) is 0 Å². The zero-order chi connectivity index (χ0) is 40.9. The van der Waals surface area contributed by atoms with E-state index in [1.54, 1.807) is 0 Å². The fourth-order valence-corrected chi connectivity index (χ4v) is 7.06. The zero-order valence-electron chi connectivity index (χ0n) is 30.7. The van der Waals surface area contributed by atoms with Crippen LogP contribution in [0.4, 0.5) is 46.8 Å². The molecular weight excluding hydrogens is 764 g/mol. The smallest absolute Gasteiger partial charge is 0.416 e. The first-order valence-electron chi connectivity index (χ1n) is 17.6. The first-order valence-corrected chi connectivity index (χ1v) is 19.7. The number of aromatic nitrogens is 2. The van der Waals surface area contributed by atoms with Crippen molar-refractivity contribution in [1.29, 1.82) is 0 Å². The Hall–Kier alpha value is -4.22. The highest BCUT2D eigenvalue weighted by Crippen LogP contribution is 2.40. The third-order valence-electron chi connectivity index (χ3n) is 9.71. The summed E-state index contributed by atoms with van der Waals surface area (Å²) >= 11 is 0. The number of anilines is 2. The summed E-state index contributed by atoms with van der Waals surface area (Å²) in [5.41, 5.74) is -3.00. The summed E-state index contributed by atoms with van der Waals surface area (Å²) in [6.45, 7) is 3.80. The summed E-state index contributed by atoms with van der Waals surface area (Å²) in [6.07, 6.45) is -3.61. The van der Waals surface area contributed by atoms with Gasteiger partial charge in [0, 0.05) is 50.5 Å². The molecule has 0 spiro atoms. The number of carboxylic acids is 1. The van der Waals surface area contributed by atoms with Gasteiger partial charge in [0.1, 0.15) is 6.61 Å². The molecule has 0 saturated heterocycles. The molecule has 1 aromatic heterocycles. The van der Waals surface area contributed by atoms with Crippen molar-refractivity contribution >= 4 is 27.4 Å². The molecule has 1 aliphatic rings. The molecule has 3 aromatic rings. The summed E-state index contributed by atoms with van der Waals surface area (Å²) in [4.78, 5) is 22.9. The van der Waals surface area contributed by atoms with Gasteiger partial charge in [0.25, 0.3) is 5.92 Å². The summed E-state index contributed by atoms with van der Waals surface area (Å²) < 4.78 is 142. The second kappa shape index (κ2) is 17.3. The van der Waals surface area contributed by atoms with E-state index in [2.05, 4.69) is 9.97 Å². The Morgan fingerprint density at radius 2 is 1.49 bits per heavy atom. The number of carbonyl (C=O) groups is 1. The highest BCUT2D eigenvalue weighted by molar-refractivity contribution is 7.90. The lowest BCUT2D eigenvalue weighted by atomic mass is 9.80. The summed E-state index contributed by atoms with van der Waals surface area (Å²) in [5.74, 6) is -4.91. The van der Waals surface area contributed by atoms with Crippen molar-refractivity contribution in [2.24, 2.45) is 11.8 Å². The van der Waals surface area contributed by atoms with Crippen LogP contribution in [0.15, 0.2) is 48.8 Å². The van der Waals surface area contributed by atoms with E-state index in [0.29, 0.717) is 63.5 Å². The Balaban J connectivity index is 1.80. The van der Waals surface area contributed by atoms with Crippen molar-refractivity contribution < 1.29 is 58.2 Å². The van der Waals surface area contributed by atoms with Crippen LogP contribution in [0.3, 0.4) is 0 Å². The molecular formula is C37H44F8N4O5S. The number of benzene rings is 2. The van der Waals surface area contributed by atoms with E-state index >= 15 is 0 Å². The predicted molar refractivity (Wildman–Crippen MR) is 190 cm³/mol. The van der Waals surface area contributed by atoms with E-state index in [1.807, 2.05) is 11.8 Å². The quantitative estimate of drug-likeness (QED) is 0.142. The SMILES string of the molecule is CCN(CC1CCC(CC(=O)O)CC1)c1ccc(C(F)(F)F)cc1CN(c1ncc(OCCS(C)(=O)=O)cn1)C(C)c1cc(C(C)(F)F)cc(C(F)(F)F)c1. The van der Waals surface area contributed by atoms with Gasteiger partial charge in [-0.25, -0.2) is 27.2 Å². The Morgan fingerprint density at radius 3 is 2.02 bits per heavy atom. The number of halogens is 8. The number of alkyl halides is 8. The highest BCUT2D eigenvalue weighted by atomic mass is 32.2. The molecule has 1 saturated carbocycles. The number of nitrogens with zero attached hydrogens (tertiary/aromatic N) is 4. The monoisotopic (exact) mass is 808 g/mol. The van der Waals surface area contributed by atoms with Crippen LogP contribution < -0.4 is 14.5 Å². The van der Waals surface area contributed by atoms with Crippen molar-refractivity contribution in [3.8, 4) is 5.75 Å². The second-order valence-corrected chi connectivity index (χ2v) is 16.4. The molecule has 1 aliphatic carbocycles. The maximum atomic E-state index is 14.6. The van der Waals surface area contributed by atoms with Crippen LogP contribution in [-0.4, -0.2) is 61.2 Å². The normalized spacial score (nSPS) is 17.5. The molecule has 4 rings (SSSR count). The highest BCUT2D eigenvalue weighted by Gasteiger charge is 2.37. The van der Waals surface area contributed by atoms with Crippen LogP contribution in [0.1, 0.15) is 86.7 Å². The van der Waals surface area contributed by atoms with E-state index < -0.39 is 63.4 Å². The number of sulfone groups is 1. The minimum Gasteiger partial charge on any atom is -0.489 e. The minimum atomic E-state index is -5.01. The van der Waals surface area contributed by atoms with Gasteiger partial charge in [-0.3, -0.25) is 4.79 Å². The van der Waals surface area contributed by atoms with Gasteiger partial charge < -0.3 is 19.6 Å². The summed E-state index contributed by atoms with van der Waals surface area (Å²) in [5, 5.41) is 9.20. The van der Waals surface area contributed by atoms with Crippen LogP contribution >= 0.6 is 0 Å². The summed E-state index contributed by atoms with van der Waals surface area (Å²) in [7, 11) is -3.38. The van der Waals surface area contributed by atoms with Crippen molar-refractivity contribution in [3.05, 3.63) is 76.6 Å². The largest absolute Gasteiger partial charge is 0.489 e. The first kappa shape index (κ1) is 43.5. The van der Waals surface area contributed by atoms with Crippen molar-refractivity contribution in [2.75, 3.05) is 41.5 Å². The van der Waals surface area contributed by atoms with Crippen molar-refractivity contribution in [3.63, 3.8) is 0 Å². The Labute approximate surface area is 314 Å². The van der Waals surface area contributed by atoms with Crippen LogP contribution in [0, 0.1) is 11.8 Å². The Morgan fingerprint density at radius 1 is 0.909 bits per heavy atom. The molecule has 0 bridgehead atoms. The van der Waals surface area contributed by atoms with Gasteiger partial charge in [-0.1, -0.05) is 0 Å². The minimum absolute atomic E-state index is 0.0287. The molecule has 0 aliphatic heterocycles. The fourth-order valence-electron chi connectivity index (χ4n) is 6.67. The molecule has 1 fully saturated rings. The topological polar surface area (TPSA) is 113 Å². The predicted octanol–water partition coefficient (Wildman–Crippen LogP) is 8.92. The van der Waals surface area contributed by atoms with Crippen LogP contribution in [-0.2, 0) is 39.5 Å². The van der Waals surface area contributed by atoms with E-state index in [9.17, 15) is 53.4 Å². The molecule has 18 heteroatoms. The van der Waals surface area contributed by atoms with Crippen LogP contribution in [0.2, 0.25) is 0 Å². The van der Waals surface area contributed by atoms with E-state index in [0.717, 1.165) is 36.8 Å². The number of hydrogen-bond donors (Lipinski definition) is 1. The number of ether oxygens (including phenoxy) is 1. The molecule has 1 atom stereocenters. The van der Waals surface area contributed by atoms with Crippen molar-refractivity contribution in [2.45, 2.75) is 83.7 Å². The molecule has 1 heterocycles. The molecule has 9 nitrogen and oxygen atoms in total. The fraction of sp³-hybridized carbons (Fsp3) is 0.541. The molecule has 1 unspecified atom stereocenters. The molecule has 1 N–H and O–H groups in total. The Bertz CT molecular complexity index is 1850. The molecule has 2 aromatic carbocycles. The summed E-state index contributed by atoms with van der Waals surface area (Å²) in [6, 6.07) is 3.91. The zero-order valence-corrected chi connectivity index (χ0v) is 31.5. The third kappa shape index (κ3) is 12.4. The molecule has 55 heavy (non-hydrogen) atoms. The van der Waals surface area contributed by atoms with Gasteiger partial charge in [0.15, 0.2) is 15.6 Å². The average Bonchev–Trinajstić information content (AvgIpc) is 3.08. The first-order chi connectivity index (χ1) is 25.4. The van der Waals surface area contributed by atoms with Gasteiger partial charge in [-0.2, -0.15) is 26.3 Å². The van der Waals surface area contributed by atoms with Gasteiger partial charge in [-0.15, -0.1) is 0 Å². The van der Waals surface area contributed by atoms with Gasteiger partial charge in [-0.05, 0) is 98.9 Å².